The number of hydrogen-bond donors (Lipinski definition) is 2. The Morgan fingerprint density at radius 1 is 1.24 bits per heavy atom. The maximum Gasteiger partial charge on any atom is 0.225 e. The first-order valence-electron chi connectivity index (χ1n) is 6.80. The van der Waals surface area contributed by atoms with Crippen LogP contribution in [0.2, 0.25) is 0 Å². The molecule has 2 fully saturated rings. The predicted molar refractivity (Wildman–Crippen MR) is 64.5 cm³/mol. The zero-order valence-electron chi connectivity index (χ0n) is 10.4. The molecule has 2 N–H and O–H groups in total. The van der Waals surface area contributed by atoms with Crippen LogP contribution in [0.4, 0.5) is 0 Å². The third-order valence-electron chi connectivity index (χ3n) is 4.02. The van der Waals surface area contributed by atoms with Crippen molar-refractivity contribution in [2.75, 3.05) is 19.8 Å². The van der Waals surface area contributed by atoms with E-state index in [2.05, 4.69) is 5.32 Å². The minimum atomic E-state index is 0.0256. The van der Waals surface area contributed by atoms with E-state index in [1.54, 1.807) is 0 Å². The lowest BCUT2D eigenvalue weighted by Gasteiger charge is -2.25. The molecule has 4 heteroatoms. The summed E-state index contributed by atoms with van der Waals surface area (Å²) in [6.45, 7) is 1.45. The minimum Gasteiger partial charge on any atom is -0.396 e. The van der Waals surface area contributed by atoms with E-state index >= 15 is 0 Å². The lowest BCUT2D eigenvalue weighted by atomic mass is 9.95. The first-order valence-corrected chi connectivity index (χ1v) is 6.80. The van der Waals surface area contributed by atoms with Gasteiger partial charge in [0.1, 0.15) is 0 Å². The van der Waals surface area contributed by atoms with Crippen LogP contribution in [0.5, 0.6) is 0 Å². The topological polar surface area (TPSA) is 58.6 Å². The highest BCUT2D eigenvalue weighted by Crippen LogP contribution is 2.24. The van der Waals surface area contributed by atoms with Crippen molar-refractivity contribution in [2.45, 2.75) is 44.6 Å². The van der Waals surface area contributed by atoms with Crippen molar-refractivity contribution in [3.63, 3.8) is 0 Å². The first-order chi connectivity index (χ1) is 8.31. The van der Waals surface area contributed by atoms with E-state index in [0.29, 0.717) is 13.2 Å². The summed E-state index contributed by atoms with van der Waals surface area (Å²) >= 11 is 0. The Morgan fingerprint density at radius 2 is 2.06 bits per heavy atom. The lowest BCUT2D eigenvalue weighted by molar-refractivity contribution is -0.126. The molecular formula is C13H23NO3. The molecule has 1 saturated carbocycles. The van der Waals surface area contributed by atoms with Crippen LogP contribution in [-0.2, 0) is 9.53 Å². The molecule has 1 aliphatic heterocycles. The standard InChI is InChI=1S/C13H23NO3/c15-8-10-4-2-1-3-5-12(10)14-13(16)11-6-7-17-9-11/h10-12,15H,1-9H2,(H,14,16). The Balaban J connectivity index is 1.87. The Morgan fingerprint density at radius 3 is 2.76 bits per heavy atom. The Bertz CT molecular complexity index is 251. The van der Waals surface area contributed by atoms with Gasteiger partial charge in [-0.1, -0.05) is 19.3 Å². The molecule has 0 radical (unpaired) electrons. The molecule has 3 unspecified atom stereocenters. The van der Waals surface area contributed by atoms with Crippen LogP contribution in [0, 0.1) is 11.8 Å². The van der Waals surface area contributed by atoms with Crippen LogP contribution < -0.4 is 5.32 Å². The number of carbonyl (C=O) groups is 1. The van der Waals surface area contributed by atoms with Gasteiger partial charge in [-0.2, -0.15) is 0 Å². The van der Waals surface area contributed by atoms with Gasteiger partial charge in [-0.05, 0) is 19.3 Å². The number of aliphatic hydroxyl groups excluding tert-OH is 1. The number of amides is 1. The average Bonchev–Trinajstić information content (AvgIpc) is 2.78. The number of aliphatic hydroxyl groups is 1. The van der Waals surface area contributed by atoms with Gasteiger partial charge in [0.15, 0.2) is 0 Å². The van der Waals surface area contributed by atoms with Crippen molar-refractivity contribution in [3.8, 4) is 0 Å². The van der Waals surface area contributed by atoms with Crippen LogP contribution in [-0.4, -0.2) is 36.9 Å². The summed E-state index contributed by atoms with van der Waals surface area (Å²) in [5.41, 5.74) is 0. The number of rotatable bonds is 3. The second-order valence-corrected chi connectivity index (χ2v) is 5.26. The maximum absolute atomic E-state index is 12.0. The van der Waals surface area contributed by atoms with E-state index in [1.807, 2.05) is 0 Å². The summed E-state index contributed by atoms with van der Waals surface area (Å²) in [5, 5.41) is 12.5. The monoisotopic (exact) mass is 241 g/mol. The zero-order valence-corrected chi connectivity index (χ0v) is 10.4. The van der Waals surface area contributed by atoms with Crippen molar-refractivity contribution in [3.05, 3.63) is 0 Å². The summed E-state index contributed by atoms with van der Waals surface area (Å²) in [7, 11) is 0. The van der Waals surface area contributed by atoms with Gasteiger partial charge in [-0.25, -0.2) is 0 Å². The van der Waals surface area contributed by atoms with E-state index in [4.69, 9.17) is 4.74 Å². The van der Waals surface area contributed by atoms with Crippen molar-refractivity contribution < 1.29 is 14.6 Å². The van der Waals surface area contributed by atoms with E-state index in [9.17, 15) is 9.90 Å². The molecular weight excluding hydrogens is 218 g/mol. The van der Waals surface area contributed by atoms with Gasteiger partial charge in [0, 0.05) is 25.2 Å². The average molecular weight is 241 g/mol. The molecule has 4 nitrogen and oxygen atoms in total. The second kappa shape index (κ2) is 6.36. The molecule has 3 atom stereocenters. The molecule has 98 valence electrons. The Hall–Kier alpha value is -0.610. The fraction of sp³-hybridized carbons (Fsp3) is 0.923. The number of hydrogen-bond acceptors (Lipinski definition) is 3. The molecule has 1 amide bonds. The molecule has 0 aromatic rings. The fourth-order valence-corrected chi connectivity index (χ4v) is 2.83. The Kier molecular flexibility index (Phi) is 4.80. The third kappa shape index (κ3) is 3.42. The Labute approximate surface area is 103 Å². The summed E-state index contributed by atoms with van der Waals surface area (Å²) in [6.07, 6.45) is 6.41. The lowest BCUT2D eigenvalue weighted by Crippen LogP contribution is -2.44. The molecule has 17 heavy (non-hydrogen) atoms. The molecule has 1 saturated heterocycles. The highest BCUT2D eigenvalue weighted by molar-refractivity contribution is 5.79. The fourth-order valence-electron chi connectivity index (χ4n) is 2.83. The van der Waals surface area contributed by atoms with Gasteiger partial charge in [-0.3, -0.25) is 4.79 Å². The minimum absolute atomic E-state index is 0.0256. The van der Waals surface area contributed by atoms with E-state index in [1.165, 1.54) is 12.8 Å². The summed E-state index contributed by atoms with van der Waals surface area (Å²) in [4.78, 5) is 12.0. The quantitative estimate of drug-likeness (QED) is 0.727. The van der Waals surface area contributed by atoms with Crippen molar-refractivity contribution >= 4 is 5.91 Å². The highest BCUT2D eigenvalue weighted by Gasteiger charge is 2.29. The predicted octanol–water partition coefficient (Wildman–Crippen LogP) is 1.08. The smallest absolute Gasteiger partial charge is 0.225 e. The van der Waals surface area contributed by atoms with Gasteiger partial charge in [0.25, 0.3) is 0 Å². The van der Waals surface area contributed by atoms with Crippen molar-refractivity contribution in [2.24, 2.45) is 11.8 Å². The molecule has 2 rings (SSSR count). The molecule has 1 heterocycles. The second-order valence-electron chi connectivity index (χ2n) is 5.26. The normalized spacial score (nSPS) is 34.3. The van der Waals surface area contributed by atoms with Gasteiger partial charge in [0.2, 0.25) is 5.91 Å². The number of nitrogens with one attached hydrogen (secondary N) is 1. The third-order valence-corrected chi connectivity index (χ3v) is 4.02. The van der Waals surface area contributed by atoms with Gasteiger partial charge in [0.05, 0.1) is 12.5 Å². The van der Waals surface area contributed by atoms with Gasteiger partial charge < -0.3 is 15.2 Å². The van der Waals surface area contributed by atoms with Gasteiger partial charge >= 0.3 is 0 Å². The summed E-state index contributed by atoms with van der Waals surface area (Å²) in [5.74, 6) is 0.384. The summed E-state index contributed by atoms with van der Waals surface area (Å²) < 4.78 is 5.24. The number of carbonyl (C=O) groups excluding carboxylic acids is 1. The molecule has 0 aromatic heterocycles. The van der Waals surface area contributed by atoms with E-state index < -0.39 is 0 Å². The van der Waals surface area contributed by atoms with E-state index in [-0.39, 0.29) is 30.4 Å². The highest BCUT2D eigenvalue weighted by atomic mass is 16.5. The van der Waals surface area contributed by atoms with Crippen LogP contribution in [0.25, 0.3) is 0 Å². The van der Waals surface area contributed by atoms with Crippen LogP contribution in [0.15, 0.2) is 0 Å². The van der Waals surface area contributed by atoms with E-state index in [0.717, 1.165) is 25.7 Å². The SMILES string of the molecule is O=C(NC1CCCCCC1CO)C1CCOC1. The summed E-state index contributed by atoms with van der Waals surface area (Å²) in [6, 6.07) is 0.163. The molecule has 0 aromatic carbocycles. The molecule has 1 aliphatic carbocycles. The maximum atomic E-state index is 12.0. The number of ether oxygens (including phenoxy) is 1. The molecule has 0 bridgehead atoms. The first kappa shape index (κ1) is 12.8. The molecule has 2 aliphatic rings. The molecule has 0 spiro atoms. The largest absolute Gasteiger partial charge is 0.396 e. The van der Waals surface area contributed by atoms with Crippen LogP contribution in [0.3, 0.4) is 0 Å². The van der Waals surface area contributed by atoms with Crippen LogP contribution >= 0.6 is 0 Å². The van der Waals surface area contributed by atoms with Gasteiger partial charge in [-0.15, -0.1) is 0 Å². The van der Waals surface area contributed by atoms with Crippen LogP contribution in [0.1, 0.15) is 38.5 Å². The van der Waals surface area contributed by atoms with Crippen molar-refractivity contribution in [1.29, 1.82) is 0 Å². The zero-order chi connectivity index (χ0) is 12.1. The van der Waals surface area contributed by atoms with Crippen molar-refractivity contribution in [1.82, 2.24) is 5.32 Å².